The number of carbonyl (C=O) groups is 1. The fourth-order valence-electron chi connectivity index (χ4n) is 5.77. The van der Waals surface area contributed by atoms with Crippen LogP contribution in [0.15, 0.2) is 30.5 Å². The van der Waals surface area contributed by atoms with Gasteiger partial charge in [0.15, 0.2) is 0 Å². The van der Waals surface area contributed by atoms with Crippen LogP contribution in [0.4, 0.5) is 5.82 Å². The van der Waals surface area contributed by atoms with E-state index in [2.05, 4.69) is 48.0 Å². The van der Waals surface area contributed by atoms with Crippen LogP contribution in [0.3, 0.4) is 0 Å². The van der Waals surface area contributed by atoms with Crippen molar-refractivity contribution in [3.63, 3.8) is 0 Å². The number of aliphatic carboxylic acids is 1. The molecule has 168 valence electrons. The van der Waals surface area contributed by atoms with E-state index in [1.54, 1.807) is 0 Å². The van der Waals surface area contributed by atoms with Gasteiger partial charge >= 0.3 is 5.97 Å². The van der Waals surface area contributed by atoms with Crippen LogP contribution >= 0.6 is 0 Å². The number of hydrogen-bond acceptors (Lipinski definition) is 4. The zero-order valence-electron chi connectivity index (χ0n) is 19.0. The Kier molecular flexibility index (Phi) is 5.39. The van der Waals surface area contributed by atoms with Gasteiger partial charge in [0.1, 0.15) is 11.6 Å². The number of aromatic amines is 1. The van der Waals surface area contributed by atoms with Crippen LogP contribution in [0.2, 0.25) is 0 Å². The highest BCUT2D eigenvalue weighted by atomic mass is 16.4. The number of aromatic nitrogens is 3. The van der Waals surface area contributed by atoms with Gasteiger partial charge in [-0.25, -0.2) is 9.97 Å². The van der Waals surface area contributed by atoms with E-state index in [1.165, 1.54) is 36.8 Å². The summed E-state index contributed by atoms with van der Waals surface area (Å²) in [6.45, 7) is 6.26. The summed E-state index contributed by atoms with van der Waals surface area (Å²) in [6.07, 6.45) is 9.11. The largest absolute Gasteiger partial charge is 0.481 e. The van der Waals surface area contributed by atoms with Crippen molar-refractivity contribution >= 4 is 22.8 Å². The maximum absolute atomic E-state index is 11.0. The summed E-state index contributed by atoms with van der Waals surface area (Å²) in [5, 5.41) is 9.06. The third-order valence-electron chi connectivity index (χ3n) is 7.72. The van der Waals surface area contributed by atoms with Gasteiger partial charge in [-0.15, -0.1) is 0 Å². The molecule has 0 radical (unpaired) electrons. The third kappa shape index (κ3) is 4.10. The second kappa shape index (κ2) is 8.23. The molecule has 3 aromatic rings. The second-order valence-electron chi connectivity index (χ2n) is 10.00. The quantitative estimate of drug-likeness (QED) is 0.569. The summed E-state index contributed by atoms with van der Waals surface area (Å²) >= 11 is 0. The van der Waals surface area contributed by atoms with E-state index >= 15 is 0 Å². The number of imidazole rings is 1. The van der Waals surface area contributed by atoms with Crippen molar-refractivity contribution in [2.24, 2.45) is 11.3 Å². The number of nitrogens with zero attached hydrogens (tertiary/aromatic N) is 3. The monoisotopic (exact) mass is 432 g/mol. The summed E-state index contributed by atoms with van der Waals surface area (Å²) in [5.74, 6) is 1.62. The molecule has 0 unspecified atom stereocenters. The van der Waals surface area contributed by atoms with E-state index in [0.29, 0.717) is 17.8 Å². The van der Waals surface area contributed by atoms with Crippen LogP contribution in [0, 0.1) is 25.2 Å². The van der Waals surface area contributed by atoms with Crippen molar-refractivity contribution < 1.29 is 9.90 Å². The summed E-state index contributed by atoms with van der Waals surface area (Å²) in [4.78, 5) is 26.4. The normalized spacial score (nSPS) is 19.0. The van der Waals surface area contributed by atoms with Gasteiger partial charge in [0.05, 0.1) is 11.0 Å². The van der Waals surface area contributed by atoms with Gasteiger partial charge in [-0.05, 0) is 93.0 Å². The molecule has 0 bridgehead atoms. The van der Waals surface area contributed by atoms with E-state index in [0.717, 1.165) is 54.2 Å². The van der Waals surface area contributed by atoms with Crippen LogP contribution in [0.5, 0.6) is 0 Å². The topological polar surface area (TPSA) is 82.1 Å². The number of carboxylic acids is 1. The lowest BCUT2D eigenvalue weighted by Crippen LogP contribution is -2.42. The first kappa shape index (κ1) is 21.0. The molecule has 6 heteroatoms. The Bertz CT molecular complexity index is 1120. The first-order chi connectivity index (χ1) is 15.4. The maximum atomic E-state index is 11.0. The van der Waals surface area contributed by atoms with Crippen molar-refractivity contribution in [2.75, 3.05) is 18.0 Å². The maximum Gasteiger partial charge on any atom is 0.303 e. The first-order valence-corrected chi connectivity index (χ1v) is 11.8. The lowest BCUT2D eigenvalue weighted by atomic mass is 9.65. The van der Waals surface area contributed by atoms with E-state index in [4.69, 9.17) is 15.1 Å². The van der Waals surface area contributed by atoms with E-state index in [-0.39, 0.29) is 0 Å². The zero-order chi connectivity index (χ0) is 22.3. The lowest BCUT2D eigenvalue weighted by molar-refractivity contribution is -0.138. The number of fused-ring (bicyclic) bond motifs is 1. The molecule has 2 aromatic heterocycles. The Morgan fingerprint density at radius 3 is 2.56 bits per heavy atom. The Balaban J connectivity index is 1.23. The Morgan fingerprint density at radius 2 is 1.91 bits per heavy atom. The predicted molar refractivity (Wildman–Crippen MR) is 127 cm³/mol. The number of benzene rings is 1. The lowest BCUT2D eigenvalue weighted by Gasteiger charge is -2.46. The molecule has 3 heterocycles. The molecule has 5 rings (SSSR count). The minimum absolute atomic E-state index is 0.336. The van der Waals surface area contributed by atoms with Crippen molar-refractivity contribution in [3.05, 3.63) is 41.6 Å². The van der Waals surface area contributed by atoms with Crippen molar-refractivity contribution in [2.45, 2.75) is 58.8 Å². The zero-order valence-corrected chi connectivity index (χ0v) is 19.0. The molecule has 1 aromatic carbocycles. The number of aryl methyl sites for hydroxylation is 2. The average molecular weight is 433 g/mol. The number of H-pyrrole nitrogens is 1. The smallest absolute Gasteiger partial charge is 0.303 e. The molecule has 1 spiro atoms. The van der Waals surface area contributed by atoms with Gasteiger partial charge in [-0.2, -0.15) is 0 Å². The fraction of sp³-hybridized carbons (Fsp3) is 0.500. The van der Waals surface area contributed by atoms with Gasteiger partial charge in [-0.1, -0.05) is 6.07 Å². The van der Waals surface area contributed by atoms with Gasteiger partial charge < -0.3 is 15.0 Å². The molecule has 6 nitrogen and oxygen atoms in total. The van der Waals surface area contributed by atoms with Crippen molar-refractivity contribution in [3.8, 4) is 11.4 Å². The molecule has 0 amide bonds. The number of carboxylic acid groups (broad SMARTS) is 1. The Morgan fingerprint density at radius 1 is 1.16 bits per heavy atom. The molecule has 2 fully saturated rings. The van der Waals surface area contributed by atoms with Crippen LogP contribution < -0.4 is 4.90 Å². The standard InChI is InChI=1S/C26H32N4O2/c1-17-13-18(2)24-21(14-17)28-25(29-24)20-3-4-22(27-16-20)30-11-9-26(10-12-30)7-5-19(6-8-26)15-23(31)32/h3-4,13-14,16,19H,5-12,15H2,1-2H3,(H,28,29)(H,31,32). The van der Waals surface area contributed by atoms with Crippen molar-refractivity contribution in [1.29, 1.82) is 0 Å². The van der Waals surface area contributed by atoms with Crippen LogP contribution in [-0.4, -0.2) is 39.1 Å². The first-order valence-electron chi connectivity index (χ1n) is 11.8. The highest BCUT2D eigenvalue weighted by Gasteiger charge is 2.38. The molecule has 0 atom stereocenters. The third-order valence-corrected chi connectivity index (χ3v) is 7.72. The number of rotatable bonds is 4. The highest BCUT2D eigenvalue weighted by molar-refractivity contribution is 5.83. The molecule has 2 aliphatic rings. The number of nitrogens with one attached hydrogen (secondary N) is 1. The van der Waals surface area contributed by atoms with E-state index in [9.17, 15) is 4.79 Å². The predicted octanol–water partition coefficient (Wildman–Crippen LogP) is 5.49. The molecule has 1 aliphatic heterocycles. The van der Waals surface area contributed by atoms with Gasteiger partial charge in [0.25, 0.3) is 0 Å². The fourth-order valence-corrected chi connectivity index (χ4v) is 5.77. The number of pyridine rings is 1. The number of anilines is 1. The molecule has 1 saturated carbocycles. The molecular weight excluding hydrogens is 400 g/mol. The summed E-state index contributed by atoms with van der Waals surface area (Å²) in [7, 11) is 0. The van der Waals surface area contributed by atoms with Crippen LogP contribution in [0.1, 0.15) is 56.1 Å². The second-order valence-corrected chi connectivity index (χ2v) is 10.00. The summed E-state index contributed by atoms with van der Waals surface area (Å²) in [6, 6.07) is 8.53. The van der Waals surface area contributed by atoms with Crippen LogP contribution in [-0.2, 0) is 4.79 Å². The van der Waals surface area contributed by atoms with Gasteiger partial charge in [-0.3, -0.25) is 4.79 Å². The Hall–Kier alpha value is -2.89. The minimum atomic E-state index is -0.650. The van der Waals surface area contributed by atoms with E-state index < -0.39 is 5.97 Å². The number of piperidine rings is 1. The molecular formula is C26H32N4O2. The average Bonchev–Trinajstić information content (AvgIpc) is 3.20. The highest BCUT2D eigenvalue weighted by Crippen LogP contribution is 2.47. The van der Waals surface area contributed by atoms with Crippen LogP contribution in [0.25, 0.3) is 22.4 Å². The van der Waals surface area contributed by atoms with Gasteiger partial charge in [0.2, 0.25) is 0 Å². The van der Waals surface area contributed by atoms with Crippen molar-refractivity contribution in [1.82, 2.24) is 15.0 Å². The molecule has 1 aliphatic carbocycles. The number of hydrogen-bond donors (Lipinski definition) is 2. The summed E-state index contributed by atoms with van der Waals surface area (Å²) in [5.41, 5.74) is 5.93. The molecule has 2 N–H and O–H groups in total. The summed E-state index contributed by atoms with van der Waals surface area (Å²) < 4.78 is 0. The minimum Gasteiger partial charge on any atom is -0.481 e. The molecule has 32 heavy (non-hydrogen) atoms. The Labute approximate surface area is 189 Å². The SMILES string of the molecule is Cc1cc(C)c2nc(-c3ccc(N4CCC5(CCC(CC(=O)O)CC5)CC4)nc3)[nH]c2c1. The van der Waals surface area contributed by atoms with E-state index in [1.807, 2.05) is 6.20 Å². The van der Waals surface area contributed by atoms with Gasteiger partial charge in [0, 0.05) is 31.3 Å². The molecule has 1 saturated heterocycles.